The predicted octanol–water partition coefficient (Wildman–Crippen LogP) is -0.286. The average Bonchev–Trinajstić information content (AvgIpc) is 2.51. The minimum atomic E-state index is -4.50. The van der Waals surface area contributed by atoms with Crippen LogP contribution >= 0.6 is 0 Å². The molecule has 1 unspecified atom stereocenters. The number of nitrogens with zero attached hydrogens (tertiary/aromatic N) is 2. The van der Waals surface area contributed by atoms with Crippen LogP contribution < -0.4 is 11.5 Å². The van der Waals surface area contributed by atoms with Gasteiger partial charge in [-0.25, -0.2) is 0 Å². The Morgan fingerprint density at radius 3 is 2.60 bits per heavy atom. The summed E-state index contributed by atoms with van der Waals surface area (Å²) in [5.74, 6) is -0.793. The van der Waals surface area contributed by atoms with Crippen LogP contribution in [0.4, 0.5) is 13.2 Å². The van der Waals surface area contributed by atoms with Gasteiger partial charge in [-0.3, -0.25) is 9.48 Å². The maximum atomic E-state index is 12.1. The summed E-state index contributed by atoms with van der Waals surface area (Å²) in [4.78, 5) is 10.5. The number of nitrogens with two attached hydrogens (primary N) is 2. The summed E-state index contributed by atoms with van der Waals surface area (Å²) in [6.45, 7) is -0.175. The second-order valence-corrected chi connectivity index (χ2v) is 2.93. The molecule has 8 heteroatoms. The highest BCUT2D eigenvalue weighted by Crippen LogP contribution is 2.27. The summed E-state index contributed by atoms with van der Waals surface area (Å²) in [6.07, 6.45) is -3.41. The molecule has 4 N–H and O–H groups in total. The first-order chi connectivity index (χ1) is 6.80. The molecule has 0 saturated carbocycles. The van der Waals surface area contributed by atoms with Crippen molar-refractivity contribution in [3.8, 4) is 0 Å². The van der Waals surface area contributed by atoms with Gasteiger partial charge in [0.2, 0.25) is 5.91 Å². The second-order valence-electron chi connectivity index (χ2n) is 2.93. The Morgan fingerprint density at radius 2 is 2.20 bits per heavy atom. The van der Waals surface area contributed by atoms with E-state index in [4.69, 9.17) is 11.5 Å². The molecular weight excluding hydrogens is 213 g/mol. The SMILES string of the molecule is NC(=O)C(N)Cn1ccc(C(F)(F)F)n1. The van der Waals surface area contributed by atoms with E-state index in [1.54, 1.807) is 0 Å². The summed E-state index contributed by atoms with van der Waals surface area (Å²) >= 11 is 0. The lowest BCUT2D eigenvalue weighted by Gasteiger charge is -2.07. The van der Waals surface area contributed by atoms with Gasteiger partial charge in [0.05, 0.1) is 6.54 Å². The van der Waals surface area contributed by atoms with Crippen LogP contribution in [-0.4, -0.2) is 21.7 Å². The normalized spacial score (nSPS) is 13.9. The lowest BCUT2D eigenvalue weighted by Crippen LogP contribution is -2.40. The van der Waals surface area contributed by atoms with Gasteiger partial charge < -0.3 is 11.5 Å². The van der Waals surface area contributed by atoms with Gasteiger partial charge in [-0.1, -0.05) is 0 Å². The maximum absolute atomic E-state index is 12.1. The van der Waals surface area contributed by atoms with E-state index in [-0.39, 0.29) is 6.54 Å². The zero-order valence-corrected chi connectivity index (χ0v) is 7.53. The van der Waals surface area contributed by atoms with E-state index in [9.17, 15) is 18.0 Å². The summed E-state index contributed by atoms with van der Waals surface area (Å²) < 4.78 is 37.2. The van der Waals surface area contributed by atoms with E-state index in [1.807, 2.05) is 0 Å². The molecule has 0 aliphatic carbocycles. The van der Waals surface area contributed by atoms with E-state index in [0.717, 1.165) is 16.9 Å². The molecule has 0 spiro atoms. The average molecular weight is 222 g/mol. The quantitative estimate of drug-likeness (QED) is 0.737. The van der Waals surface area contributed by atoms with Gasteiger partial charge in [0, 0.05) is 6.20 Å². The van der Waals surface area contributed by atoms with E-state index < -0.39 is 23.8 Å². The number of aromatic nitrogens is 2. The van der Waals surface area contributed by atoms with Crippen molar-refractivity contribution in [3.63, 3.8) is 0 Å². The van der Waals surface area contributed by atoms with Crippen LogP contribution in [-0.2, 0) is 17.5 Å². The molecule has 1 aromatic heterocycles. The number of rotatable bonds is 3. The van der Waals surface area contributed by atoms with Gasteiger partial charge in [0.15, 0.2) is 5.69 Å². The first-order valence-electron chi connectivity index (χ1n) is 3.96. The van der Waals surface area contributed by atoms with E-state index >= 15 is 0 Å². The largest absolute Gasteiger partial charge is 0.435 e. The van der Waals surface area contributed by atoms with Gasteiger partial charge in [0.1, 0.15) is 6.04 Å². The fourth-order valence-electron chi connectivity index (χ4n) is 0.906. The molecule has 15 heavy (non-hydrogen) atoms. The molecule has 1 heterocycles. The number of primary amides is 1. The third-order valence-corrected chi connectivity index (χ3v) is 1.68. The second kappa shape index (κ2) is 3.89. The molecule has 84 valence electrons. The van der Waals surface area contributed by atoms with Crippen molar-refractivity contribution >= 4 is 5.91 Å². The molecular formula is C7H9F3N4O. The van der Waals surface area contributed by atoms with Gasteiger partial charge >= 0.3 is 6.18 Å². The van der Waals surface area contributed by atoms with E-state index in [0.29, 0.717) is 0 Å². The summed E-state index contributed by atoms with van der Waals surface area (Å²) in [5, 5.41) is 3.21. The Hall–Kier alpha value is -1.57. The summed E-state index contributed by atoms with van der Waals surface area (Å²) in [5.41, 5.74) is 9.07. The molecule has 0 aliphatic rings. The van der Waals surface area contributed by atoms with Crippen LogP contribution in [0.3, 0.4) is 0 Å². The first-order valence-corrected chi connectivity index (χ1v) is 3.96. The molecule has 0 radical (unpaired) electrons. The third-order valence-electron chi connectivity index (χ3n) is 1.68. The monoisotopic (exact) mass is 222 g/mol. The van der Waals surface area contributed by atoms with Crippen LogP contribution in [0.5, 0.6) is 0 Å². The number of carbonyl (C=O) groups is 1. The number of alkyl halides is 3. The number of carbonyl (C=O) groups excluding carboxylic acids is 1. The van der Waals surface area contributed by atoms with E-state index in [1.165, 1.54) is 0 Å². The zero-order valence-electron chi connectivity index (χ0n) is 7.53. The topological polar surface area (TPSA) is 86.9 Å². The third kappa shape index (κ3) is 2.94. The molecule has 0 bridgehead atoms. The molecule has 0 aromatic carbocycles. The van der Waals surface area contributed by atoms with Crippen LogP contribution in [0.1, 0.15) is 5.69 Å². The van der Waals surface area contributed by atoms with Crippen molar-refractivity contribution in [2.75, 3.05) is 0 Å². The van der Waals surface area contributed by atoms with Crippen molar-refractivity contribution < 1.29 is 18.0 Å². The van der Waals surface area contributed by atoms with Crippen molar-refractivity contribution in [1.82, 2.24) is 9.78 Å². The lowest BCUT2D eigenvalue weighted by atomic mass is 10.3. The van der Waals surface area contributed by atoms with Crippen LogP contribution in [0.25, 0.3) is 0 Å². The zero-order chi connectivity index (χ0) is 11.6. The Labute approximate surface area is 82.8 Å². The predicted molar refractivity (Wildman–Crippen MR) is 44.4 cm³/mol. The van der Waals surface area contributed by atoms with Crippen LogP contribution in [0, 0.1) is 0 Å². The Bertz CT molecular complexity index is 359. The minimum Gasteiger partial charge on any atom is -0.368 e. The highest BCUT2D eigenvalue weighted by atomic mass is 19.4. The molecule has 1 atom stereocenters. The van der Waals surface area contributed by atoms with Crippen molar-refractivity contribution in [3.05, 3.63) is 18.0 Å². The summed E-state index contributed by atoms with van der Waals surface area (Å²) in [7, 11) is 0. The number of hydrogen-bond acceptors (Lipinski definition) is 3. The Kier molecular flexibility index (Phi) is 2.98. The van der Waals surface area contributed by atoms with Gasteiger partial charge in [-0.2, -0.15) is 18.3 Å². The van der Waals surface area contributed by atoms with Crippen LogP contribution in [0.2, 0.25) is 0 Å². The minimum absolute atomic E-state index is 0.175. The molecule has 0 fully saturated rings. The Balaban J connectivity index is 2.73. The number of hydrogen-bond donors (Lipinski definition) is 2. The number of halogens is 3. The van der Waals surface area contributed by atoms with Crippen molar-refractivity contribution in [2.24, 2.45) is 11.5 Å². The maximum Gasteiger partial charge on any atom is 0.435 e. The smallest absolute Gasteiger partial charge is 0.368 e. The van der Waals surface area contributed by atoms with E-state index in [2.05, 4.69) is 5.10 Å². The van der Waals surface area contributed by atoms with Gasteiger partial charge in [-0.15, -0.1) is 0 Å². The van der Waals surface area contributed by atoms with Crippen molar-refractivity contribution in [1.29, 1.82) is 0 Å². The van der Waals surface area contributed by atoms with Gasteiger partial charge in [0.25, 0.3) is 0 Å². The lowest BCUT2D eigenvalue weighted by molar-refractivity contribution is -0.141. The molecule has 1 amide bonds. The summed E-state index contributed by atoms with van der Waals surface area (Å²) in [6, 6.07) is -0.251. The highest BCUT2D eigenvalue weighted by Gasteiger charge is 2.33. The standard InChI is InChI=1S/C7H9F3N4O/c8-7(9,10)5-1-2-14(13-5)3-4(11)6(12)15/h1-2,4H,3,11H2,(H2,12,15). The molecule has 0 aliphatic heterocycles. The van der Waals surface area contributed by atoms with Gasteiger partial charge in [-0.05, 0) is 6.07 Å². The van der Waals surface area contributed by atoms with Crippen molar-refractivity contribution in [2.45, 2.75) is 18.8 Å². The molecule has 0 saturated heterocycles. The molecule has 1 aromatic rings. The highest BCUT2D eigenvalue weighted by molar-refractivity contribution is 5.79. The Morgan fingerprint density at radius 1 is 1.60 bits per heavy atom. The first kappa shape index (κ1) is 11.5. The molecule has 5 nitrogen and oxygen atoms in total. The number of amides is 1. The van der Waals surface area contributed by atoms with Crippen LogP contribution in [0.15, 0.2) is 12.3 Å². The fraction of sp³-hybridized carbons (Fsp3) is 0.429. The molecule has 1 rings (SSSR count). The fourth-order valence-corrected chi connectivity index (χ4v) is 0.906.